The van der Waals surface area contributed by atoms with Gasteiger partial charge >= 0.3 is 0 Å². The van der Waals surface area contributed by atoms with Crippen LogP contribution in [-0.4, -0.2) is 23.9 Å². The van der Waals surface area contributed by atoms with Gasteiger partial charge in [-0.05, 0) is 32.9 Å². The van der Waals surface area contributed by atoms with E-state index in [-0.39, 0.29) is 19.0 Å². The number of ether oxygens (including phenoxy) is 2. The standard InChI is InChI=1S/C20H26FNO3/c1-4-24-18-11-7-9-15(12-22-20(2,3)14-23)19(18)25-13-16-8-5-6-10-17(16)21/h5-11,22-23H,4,12-14H2,1-3H3. The van der Waals surface area contributed by atoms with Crippen molar-refractivity contribution in [3.8, 4) is 11.5 Å². The van der Waals surface area contributed by atoms with Crippen molar-refractivity contribution in [1.29, 1.82) is 0 Å². The quantitative estimate of drug-likeness (QED) is 0.727. The summed E-state index contributed by atoms with van der Waals surface area (Å²) in [6.45, 7) is 6.88. The molecule has 0 fully saturated rings. The van der Waals surface area contributed by atoms with Crippen LogP contribution in [0.1, 0.15) is 31.9 Å². The van der Waals surface area contributed by atoms with Crippen LogP contribution in [0.15, 0.2) is 42.5 Å². The van der Waals surface area contributed by atoms with Crippen LogP contribution in [0.2, 0.25) is 0 Å². The van der Waals surface area contributed by atoms with Crippen molar-refractivity contribution in [1.82, 2.24) is 5.32 Å². The lowest BCUT2D eigenvalue weighted by Crippen LogP contribution is -2.42. The van der Waals surface area contributed by atoms with E-state index < -0.39 is 5.54 Å². The van der Waals surface area contributed by atoms with Crippen molar-refractivity contribution in [2.45, 2.75) is 39.5 Å². The molecule has 2 aromatic carbocycles. The predicted molar refractivity (Wildman–Crippen MR) is 96.3 cm³/mol. The molecule has 0 heterocycles. The minimum Gasteiger partial charge on any atom is -0.490 e. The molecular weight excluding hydrogens is 321 g/mol. The molecule has 4 nitrogen and oxygen atoms in total. The number of aliphatic hydroxyl groups excluding tert-OH is 1. The molecule has 136 valence electrons. The number of halogens is 1. The first-order chi connectivity index (χ1) is 12.0. The van der Waals surface area contributed by atoms with Crippen LogP contribution in [0, 0.1) is 5.82 Å². The largest absolute Gasteiger partial charge is 0.490 e. The highest BCUT2D eigenvalue weighted by atomic mass is 19.1. The van der Waals surface area contributed by atoms with E-state index in [0.29, 0.717) is 30.2 Å². The van der Waals surface area contributed by atoms with Crippen LogP contribution in [0.4, 0.5) is 4.39 Å². The molecule has 5 heteroatoms. The van der Waals surface area contributed by atoms with Gasteiger partial charge in [-0.2, -0.15) is 0 Å². The fourth-order valence-electron chi connectivity index (χ4n) is 2.29. The number of benzene rings is 2. The van der Waals surface area contributed by atoms with Crippen LogP contribution in [0.25, 0.3) is 0 Å². The molecule has 2 rings (SSSR count). The number of para-hydroxylation sites is 1. The zero-order chi connectivity index (χ0) is 18.3. The van der Waals surface area contributed by atoms with Crippen molar-refractivity contribution >= 4 is 0 Å². The summed E-state index contributed by atoms with van der Waals surface area (Å²) < 4.78 is 25.4. The second-order valence-corrected chi connectivity index (χ2v) is 6.45. The minimum absolute atomic E-state index is 0.0174. The molecule has 0 atom stereocenters. The Bertz CT molecular complexity index is 688. The van der Waals surface area contributed by atoms with E-state index in [2.05, 4.69) is 5.32 Å². The third-order valence-electron chi connectivity index (χ3n) is 3.84. The molecule has 0 saturated heterocycles. The Kier molecular flexibility index (Phi) is 6.79. The van der Waals surface area contributed by atoms with Crippen LogP contribution >= 0.6 is 0 Å². The number of aliphatic hydroxyl groups is 1. The normalized spacial score (nSPS) is 11.4. The first-order valence-electron chi connectivity index (χ1n) is 8.43. The highest BCUT2D eigenvalue weighted by Gasteiger charge is 2.18. The summed E-state index contributed by atoms with van der Waals surface area (Å²) in [5.41, 5.74) is 0.969. The Balaban J connectivity index is 2.21. The van der Waals surface area contributed by atoms with Crippen molar-refractivity contribution in [2.75, 3.05) is 13.2 Å². The Morgan fingerprint density at radius 1 is 1.04 bits per heavy atom. The average Bonchev–Trinajstić information content (AvgIpc) is 2.60. The van der Waals surface area contributed by atoms with Gasteiger partial charge in [0.05, 0.1) is 13.2 Å². The minimum atomic E-state index is -0.412. The van der Waals surface area contributed by atoms with Crippen LogP contribution in [0.3, 0.4) is 0 Å². The summed E-state index contributed by atoms with van der Waals surface area (Å²) in [7, 11) is 0. The van der Waals surface area contributed by atoms with Gasteiger partial charge < -0.3 is 19.9 Å². The number of hydrogen-bond acceptors (Lipinski definition) is 4. The summed E-state index contributed by atoms with van der Waals surface area (Å²) in [4.78, 5) is 0. The van der Waals surface area contributed by atoms with Crippen molar-refractivity contribution in [3.63, 3.8) is 0 Å². The fourth-order valence-corrected chi connectivity index (χ4v) is 2.29. The molecule has 0 bridgehead atoms. The Hall–Kier alpha value is -2.11. The molecule has 25 heavy (non-hydrogen) atoms. The van der Waals surface area contributed by atoms with Gasteiger partial charge in [0.15, 0.2) is 11.5 Å². The second-order valence-electron chi connectivity index (χ2n) is 6.45. The highest BCUT2D eigenvalue weighted by Crippen LogP contribution is 2.32. The molecule has 0 unspecified atom stereocenters. The molecule has 0 spiro atoms. The monoisotopic (exact) mass is 347 g/mol. The Morgan fingerprint density at radius 2 is 1.76 bits per heavy atom. The number of hydrogen-bond donors (Lipinski definition) is 2. The summed E-state index contributed by atoms with van der Waals surface area (Å²) >= 11 is 0. The molecule has 0 aliphatic rings. The third kappa shape index (κ3) is 5.44. The van der Waals surface area contributed by atoms with Crippen molar-refractivity contribution in [2.24, 2.45) is 0 Å². The third-order valence-corrected chi connectivity index (χ3v) is 3.84. The lowest BCUT2D eigenvalue weighted by molar-refractivity contribution is 0.186. The maximum absolute atomic E-state index is 13.8. The number of rotatable bonds is 9. The van der Waals surface area contributed by atoms with E-state index in [0.717, 1.165) is 5.56 Å². The van der Waals surface area contributed by atoms with Gasteiger partial charge in [0, 0.05) is 23.2 Å². The molecule has 0 saturated carbocycles. The van der Waals surface area contributed by atoms with E-state index in [1.54, 1.807) is 18.2 Å². The zero-order valence-electron chi connectivity index (χ0n) is 15.0. The lowest BCUT2D eigenvalue weighted by atomic mass is 10.1. The zero-order valence-corrected chi connectivity index (χ0v) is 15.0. The molecule has 2 N–H and O–H groups in total. The fraction of sp³-hybridized carbons (Fsp3) is 0.400. The Morgan fingerprint density at radius 3 is 2.44 bits per heavy atom. The molecular formula is C20H26FNO3. The van der Waals surface area contributed by atoms with E-state index in [1.165, 1.54) is 6.07 Å². The van der Waals surface area contributed by atoms with E-state index in [4.69, 9.17) is 9.47 Å². The maximum Gasteiger partial charge on any atom is 0.166 e. The first-order valence-corrected chi connectivity index (χ1v) is 8.43. The molecule has 0 aliphatic carbocycles. The van der Waals surface area contributed by atoms with Gasteiger partial charge in [-0.25, -0.2) is 4.39 Å². The average molecular weight is 347 g/mol. The lowest BCUT2D eigenvalue weighted by Gasteiger charge is -2.25. The molecule has 0 aromatic heterocycles. The molecule has 0 amide bonds. The molecule has 0 aliphatic heterocycles. The predicted octanol–water partition coefficient (Wildman–Crippen LogP) is 3.66. The van der Waals surface area contributed by atoms with Crippen molar-refractivity contribution in [3.05, 3.63) is 59.4 Å². The topological polar surface area (TPSA) is 50.7 Å². The van der Waals surface area contributed by atoms with E-state index in [1.807, 2.05) is 39.0 Å². The van der Waals surface area contributed by atoms with Gasteiger partial charge in [0.2, 0.25) is 0 Å². The Labute approximate surface area is 148 Å². The summed E-state index contributed by atoms with van der Waals surface area (Å²) in [5, 5.41) is 12.7. The van der Waals surface area contributed by atoms with Gasteiger partial charge in [-0.15, -0.1) is 0 Å². The van der Waals surface area contributed by atoms with Crippen molar-refractivity contribution < 1.29 is 19.0 Å². The summed E-state index contributed by atoms with van der Waals surface area (Å²) in [6.07, 6.45) is 0. The van der Waals surface area contributed by atoms with Gasteiger partial charge in [-0.3, -0.25) is 0 Å². The van der Waals surface area contributed by atoms with E-state index >= 15 is 0 Å². The van der Waals surface area contributed by atoms with Crippen LogP contribution in [0.5, 0.6) is 11.5 Å². The van der Waals surface area contributed by atoms with Gasteiger partial charge in [-0.1, -0.05) is 30.3 Å². The van der Waals surface area contributed by atoms with Gasteiger partial charge in [0.25, 0.3) is 0 Å². The van der Waals surface area contributed by atoms with Crippen LogP contribution in [-0.2, 0) is 13.2 Å². The van der Waals surface area contributed by atoms with E-state index in [9.17, 15) is 9.50 Å². The summed E-state index contributed by atoms with van der Waals surface area (Å²) in [5.74, 6) is 0.922. The summed E-state index contributed by atoms with van der Waals surface area (Å²) in [6, 6.07) is 12.2. The van der Waals surface area contributed by atoms with Crippen LogP contribution < -0.4 is 14.8 Å². The maximum atomic E-state index is 13.8. The smallest absolute Gasteiger partial charge is 0.166 e. The molecule has 0 radical (unpaired) electrons. The highest BCUT2D eigenvalue weighted by molar-refractivity contribution is 5.47. The first kappa shape index (κ1) is 19.2. The second kappa shape index (κ2) is 8.83. The number of nitrogens with one attached hydrogen (secondary N) is 1. The molecule has 2 aromatic rings. The van der Waals surface area contributed by atoms with Gasteiger partial charge in [0.1, 0.15) is 12.4 Å². The SMILES string of the molecule is CCOc1cccc(CNC(C)(C)CO)c1OCc1ccccc1F.